The highest BCUT2D eigenvalue weighted by atomic mass is 16.1. The van der Waals surface area contributed by atoms with Gasteiger partial charge in [-0.2, -0.15) is 0 Å². The lowest BCUT2D eigenvalue weighted by Crippen LogP contribution is -2.23. The molecule has 0 aliphatic rings. The van der Waals surface area contributed by atoms with Gasteiger partial charge in [0.2, 0.25) is 0 Å². The predicted octanol–water partition coefficient (Wildman–Crippen LogP) is 2.44. The molecule has 0 aliphatic carbocycles. The molecule has 4 rings (SSSR count). The van der Waals surface area contributed by atoms with Crippen LogP contribution in [0.1, 0.15) is 11.3 Å². The van der Waals surface area contributed by atoms with E-state index in [1.54, 1.807) is 10.8 Å². The molecular formula is C19H16N4O2. The molecule has 0 radical (unpaired) electrons. The molecule has 0 saturated heterocycles. The molecule has 0 fully saturated rings. The second-order valence-electron chi connectivity index (χ2n) is 5.92. The smallest absolute Gasteiger partial charge is 0.273 e. The maximum absolute atomic E-state index is 12.8. The third-order valence-corrected chi connectivity index (χ3v) is 4.29. The molecule has 0 atom stereocenters. The number of fused-ring (bicyclic) bond motifs is 1. The Balaban J connectivity index is 2.08. The number of benzene rings is 1. The van der Waals surface area contributed by atoms with Gasteiger partial charge in [0.15, 0.2) is 0 Å². The van der Waals surface area contributed by atoms with Crippen LogP contribution in [0.5, 0.6) is 0 Å². The minimum Gasteiger partial charge on any atom is -0.301 e. The summed E-state index contributed by atoms with van der Waals surface area (Å²) in [5.74, 6) is 0. The van der Waals surface area contributed by atoms with Gasteiger partial charge in [0.25, 0.3) is 11.1 Å². The molecule has 0 aliphatic heterocycles. The normalized spacial score (nSPS) is 11.1. The number of nitrogens with one attached hydrogen (secondary N) is 2. The summed E-state index contributed by atoms with van der Waals surface area (Å²) in [6.07, 6.45) is 1.69. The summed E-state index contributed by atoms with van der Waals surface area (Å²) < 4.78 is 1.61. The van der Waals surface area contributed by atoms with Gasteiger partial charge < -0.3 is 4.57 Å². The van der Waals surface area contributed by atoms with E-state index in [0.29, 0.717) is 23.1 Å². The molecule has 4 aromatic rings. The number of aromatic nitrogens is 4. The van der Waals surface area contributed by atoms with Crippen molar-refractivity contribution in [3.63, 3.8) is 0 Å². The van der Waals surface area contributed by atoms with Gasteiger partial charge in [0.05, 0.1) is 28.8 Å². The standard InChI is InChI=1S/C19H16N4O2/c1-12-6-2-3-8-14(12)18-17-15(21-22-19(17)25)10-16(24)23(18)11-13-7-4-5-9-20-13/h2-10,21H,11H2,1H3,(H,22,25). The number of pyridine rings is 2. The third kappa shape index (κ3) is 2.57. The first-order chi connectivity index (χ1) is 12.1. The van der Waals surface area contributed by atoms with Crippen molar-refractivity contribution in [2.75, 3.05) is 0 Å². The summed E-state index contributed by atoms with van der Waals surface area (Å²) >= 11 is 0. The highest BCUT2D eigenvalue weighted by Gasteiger charge is 2.18. The SMILES string of the molecule is Cc1ccccc1-c1c2c(=O)[nH][nH]c2cc(=O)n1Cc1ccccn1. The Morgan fingerprint density at radius 3 is 2.60 bits per heavy atom. The third-order valence-electron chi connectivity index (χ3n) is 4.29. The van der Waals surface area contributed by atoms with E-state index >= 15 is 0 Å². The second-order valence-corrected chi connectivity index (χ2v) is 5.92. The monoisotopic (exact) mass is 332 g/mol. The second kappa shape index (κ2) is 5.90. The fraction of sp³-hybridized carbons (Fsp3) is 0.105. The molecule has 25 heavy (non-hydrogen) atoms. The zero-order valence-corrected chi connectivity index (χ0v) is 13.6. The summed E-state index contributed by atoms with van der Waals surface area (Å²) in [5, 5.41) is 5.84. The van der Waals surface area contributed by atoms with Gasteiger partial charge in [-0.25, -0.2) is 0 Å². The van der Waals surface area contributed by atoms with Crippen molar-refractivity contribution in [3.8, 4) is 11.3 Å². The summed E-state index contributed by atoms with van der Waals surface area (Å²) in [5.41, 5.74) is 3.27. The molecule has 0 spiro atoms. The molecule has 2 N–H and O–H groups in total. The lowest BCUT2D eigenvalue weighted by atomic mass is 10.0. The average molecular weight is 332 g/mol. The molecule has 3 aromatic heterocycles. The topological polar surface area (TPSA) is 83.5 Å². The van der Waals surface area contributed by atoms with Crippen LogP contribution in [0, 0.1) is 6.92 Å². The highest BCUT2D eigenvalue weighted by Crippen LogP contribution is 2.27. The molecule has 1 aromatic carbocycles. The van der Waals surface area contributed by atoms with Gasteiger partial charge in [0.1, 0.15) is 0 Å². The van der Waals surface area contributed by atoms with Gasteiger partial charge in [0, 0.05) is 17.8 Å². The molecule has 0 bridgehead atoms. The Morgan fingerprint density at radius 2 is 1.84 bits per heavy atom. The van der Waals surface area contributed by atoms with Crippen LogP contribution in [0.4, 0.5) is 0 Å². The minimum atomic E-state index is -0.247. The minimum absolute atomic E-state index is 0.188. The zero-order chi connectivity index (χ0) is 17.4. The van der Waals surface area contributed by atoms with Crippen molar-refractivity contribution in [1.82, 2.24) is 19.7 Å². The van der Waals surface area contributed by atoms with Crippen LogP contribution in [0.15, 0.2) is 64.3 Å². The summed E-state index contributed by atoms with van der Waals surface area (Å²) in [4.78, 5) is 29.4. The van der Waals surface area contributed by atoms with Crippen LogP contribution in [-0.4, -0.2) is 19.7 Å². The van der Waals surface area contributed by atoms with Crippen molar-refractivity contribution < 1.29 is 0 Å². The molecule has 0 saturated carbocycles. The van der Waals surface area contributed by atoms with Crippen molar-refractivity contribution in [1.29, 1.82) is 0 Å². The Kier molecular flexibility index (Phi) is 3.57. The van der Waals surface area contributed by atoms with E-state index in [2.05, 4.69) is 15.2 Å². The molecule has 124 valence electrons. The maximum atomic E-state index is 12.8. The number of aromatic amines is 2. The number of aryl methyl sites for hydroxylation is 1. The quantitative estimate of drug-likeness (QED) is 0.604. The Bertz CT molecular complexity index is 1170. The van der Waals surface area contributed by atoms with Crippen molar-refractivity contribution in [2.24, 2.45) is 0 Å². The number of H-pyrrole nitrogens is 2. The van der Waals surface area contributed by atoms with Gasteiger partial charge in [-0.1, -0.05) is 30.3 Å². The van der Waals surface area contributed by atoms with Crippen molar-refractivity contribution in [3.05, 3.63) is 86.7 Å². The van der Waals surface area contributed by atoms with E-state index < -0.39 is 0 Å². The zero-order valence-electron chi connectivity index (χ0n) is 13.6. The first-order valence-electron chi connectivity index (χ1n) is 7.95. The first-order valence-corrected chi connectivity index (χ1v) is 7.95. The molecular weight excluding hydrogens is 316 g/mol. The van der Waals surface area contributed by atoms with Crippen LogP contribution in [0.3, 0.4) is 0 Å². The highest BCUT2D eigenvalue weighted by molar-refractivity contribution is 5.92. The van der Waals surface area contributed by atoms with Gasteiger partial charge in [-0.05, 0) is 24.6 Å². The number of rotatable bonds is 3. The van der Waals surface area contributed by atoms with Gasteiger partial charge in [-0.3, -0.25) is 24.8 Å². The number of nitrogens with zero attached hydrogens (tertiary/aromatic N) is 2. The molecule has 0 amide bonds. The van der Waals surface area contributed by atoms with Crippen molar-refractivity contribution in [2.45, 2.75) is 13.5 Å². The van der Waals surface area contributed by atoms with E-state index in [0.717, 1.165) is 16.8 Å². The van der Waals surface area contributed by atoms with E-state index in [1.165, 1.54) is 6.07 Å². The average Bonchev–Trinajstić information content (AvgIpc) is 2.98. The molecule has 6 nitrogen and oxygen atoms in total. The first kappa shape index (κ1) is 15.1. The van der Waals surface area contributed by atoms with E-state index in [4.69, 9.17) is 0 Å². The maximum Gasteiger partial charge on any atom is 0.273 e. The van der Waals surface area contributed by atoms with E-state index in [1.807, 2.05) is 49.4 Å². The van der Waals surface area contributed by atoms with Crippen LogP contribution in [0.2, 0.25) is 0 Å². The Morgan fingerprint density at radius 1 is 1.04 bits per heavy atom. The predicted molar refractivity (Wildman–Crippen MR) is 96.7 cm³/mol. The molecule has 6 heteroatoms. The van der Waals surface area contributed by atoms with Gasteiger partial charge >= 0.3 is 0 Å². The summed E-state index contributed by atoms with van der Waals surface area (Å²) in [6, 6.07) is 14.7. The number of hydrogen-bond acceptors (Lipinski definition) is 3. The van der Waals surface area contributed by atoms with E-state index in [-0.39, 0.29) is 11.1 Å². The van der Waals surface area contributed by atoms with Crippen LogP contribution < -0.4 is 11.1 Å². The summed E-state index contributed by atoms with van der Waals surface area (Å²) in [7, 11) is 0. The lowest BCUT2D eigenvalue weighted by molar-refractivity contribution is 0.752. The Labute approximate surface area is 142 Å². The van der Waals surface area contributed by atoms with Gasteiger partial charge in [-0.15, -0.1) is 0 Å². The fourth-order valence-electron chi connectivity index (χ4n) is 3.09. The van der Waals surface area contributed by atoms with E-state index in [9.17, 15) is 9.59 Å². The van der Waals surface area contributed by atoms with Crippen LogP contribution >= 0.6 is 0 Å². The number of hydrogen-bond donors (Lipinski definition) is 2. The lowest BCUT2D eigenvalue weighted by Gasteiger charge is -2.15. The van der Waals surface area contributed by atoms with Crippen LogP contribution in [-0.2, 0) is 6.54 Å². The largest absolute Gasteiger partial charge is 0.301 e. The molecule has 0 unspecified atom stereocenters. The van der Waals surface area contributed by atoms with Crippen LogP contribution in [0.25, 0.3) is 22.2 Å². The van der Waals surface area contributed by atoms with Crippen molar-refractivity contribution >= 4 is 10.9 Å². The Hall–Kier alpha value is -3.41. The fourth-order valence-corrected chi connectivity index (χ4v) is 3.09. The molecule has 3 heterocycles. The summed E-state index contributed by atoms with van der Waals surface area (Å²) in [6.45, 7) is 2.26.